The first-order chi connectivity index (χ1) is 13.1. The monoisotopic (exact) mass is 372 g/mol. The van der Waals surface area contributed by atoms with Gasteiger partial charge in [0.2, 0.25) is 0 Å². The fourth-order valence-electron chi connectivity index (χ4n) is 4.12. The largest absolute Gasteiger partial charge is 0.392 e. The molecule has 0 saturated carbocycles. The van der Waals surface area contributed by atoms with Gasteiger partial charge in [-0.2, -0.15) is 5.10 Å². The van der Waals surface area contributed by atoms with E-state index in [-0.39, 0.29) is 17.8 Å². The number of carbonyl (C=O) groups is 1. The lowest BCUT2D eigenvalue weighted by Gasteiger charge is -2.41. The van der Waals surface area contributed by atoms with Crippen molar-refractivity contribution in [2.45, 2.75) is 37.8 Å². The van der Waals surface area contributed by atoms with Crippen molar-refractivity contribution >= 4 is 5.91 Å². The zero-order valence-corrected chi connectivity index (χ0v) is 15.3. The first-order valence-electron chi connectivity index (χ1n) is 9.63. The molecule has 1 aromatic heterocycles. The molecule has 2 aliphatic rings. The van der Waals surface area contributed by atoms with Gasteiger partial charge < -0.3 is 10.0 Å². The second kappa shape index (κ2) is 7.78. The van der Waals surface area contributed by atoms with E-state index in [0.29, 0.717) is 30.5 Å². The molecular formula is C20H25FN4O2. The first-order valence-corrected chi connectivity index (χ1v) is 9.63. The molecule has 27 heavy (non-hydrogen) atoms. The van der Waals surface area contributed by atoms with E-state index in [9.17, 15) is 14.3 Å². The number of amides is 1. The highest BCUT2D eigenvalue weighted by Crippen LogP contribution is 2.23. The molecule has 144 valence electrons. The highest BCUT2D eigenvalue weighted by molar-refractivity contribution is 5.93. The van der Waals surface area contributed by atoms with Crippen LogP contribution in [0.15, 0.2) is 30.3 Å². The SMILES string of the molecule is O=C(c1cc(-c2ccc(F)cc2)n[nH]1)N1CCC(N2CCC[C@@H](O)C2)CC1. The van der Waals surface area contributed by atoms with Crippen molar-refractivity contribution < 1.29 is 14.3 Å². The average Bonchev–Trinajstić information content (AvgIpc) is 3.18. The van der Waals surface area contributed by atoms with Crippen LogP contribution in [-0.2, 0) is 0 Å². The zero-order chi connectivity index (χ0) is 18.8. The van der Waals surface area contributed by atoms with Gasteiger partial charge in [0, 0.05) is 31.2 Å². The third-order valence-electron chi connectivity index (χ3n) is 5.64. The number of benzene rings is 1. The van der Waals surface area contributed by atoms with Crippen LogP contribution in [0.25, 0.3) is 11.3 Å². The van der Waals surface area contributed by atoms with Crippen LogP contribution in [0.1, 0.15) is 36.2 Å². The molecule has 0 aliphatic carbocycles. The number of halogens is 1. The first kappa shape index (κ1) is 18.1. The Kier molecular flexibility index (Phi) is 5.22. The molecule has 1 amide bonds. The van der Waals surface area contributed by atoms with Gasteiger partial charge in [0.25, 0.3) is 5.91 Å². The fraction of sp³-hybridized carbons (Fsp3) is 0.500. The molecule has 2 saturated heterocycles. The number of aliphatic hydroxyl groups excluding tert-OH is 1. The number of likely N-dealkylation sites (tertiary alicyclic amines) is 2. The fourth-order valence-corrected chi connectivity index (χ4v) is 4.12. The highest BCUT2D eigenvalue weighted by Gasteiger charge is 2.30. The number of nitrogens with one attached hydrogen (secondary N) is 1. The lowest BCUT2D eigenvalue weighted by Crippen LogP contribution is -2.50. The third kappa shape index (κ3) is 4.04. The molecule has 7 heteroatoms. The molecule has 2 aliphatic heterocycles. The molecule has 2 fully saturated rings. The number of β-amino-alcohol motifs (C(OH)–C–C–N with tert-alkyl or cyclic N) is 1. The van der Waals surface area contributed by atoms with E-state index in [1.54, 1.807) is 18.2 Å². The Bertz CT molecular complexity index is 784. The number of hydrogen-bond donors (Lipinski definition) is 2. The molecule has 6 nitrogen and oxygen atoms in total. The van der Waals surface area contributed by atoms with E-state index >= 15 is 0 Å². The number of nitrogens with zero attached hydrogens (tertiary/aromatic N) is 3. The minimum absolute atomic E-state index is 0.0482. The Balaban J connectivity index is 1.36. The van der Waals surface area contributed by atoms with Crippen LogP contribution in [0.4, 0.5) is 4.39 Å². The van der Waals surface area contributed by atoms with Gasteiger partial charge in [0.15, 0.2) is 0 Å². The molecule has 0 bridgehead atoms. The molecule has 2 aromatic rings. The van der Waals surface area contributed by atoms with Crippen LogP contribution in [0.2, 0.25) is 0 Å². The summed E-state index contributed by atoms with van der Waals surface area (Å²) in [6.07, 6.45) is 3.58. The Hall–Kier alpha value is -2.25. The Morgan fingerprint density at radius 3 is 2.59 bits per heavy atom. The van der Waals surface area contributed by atoms with Crippen molar-refractivity contribution in [3.8, 4) is 11.3 Å². The lowest BCUT2D eigenvalue weighted by atomic mass is 9.99. The van der Waals surface area contributed by atoms with Crippen molar-refractivity contribution in [2.24, 2.45) is 0 Å². The Morgan fingerprint density at radius 1 is 1.15 bits per heavy atom. The molecule has 0 unspecified atom stereocenters. The topological polar surface area (TPSA) is 72.5 Å². The van der Waals surface area contributed by atoms with Crippen molar-refractivity contribution in [2.75, 3.05) is 26.2 Å². The summed E-state index contributed by atoms with van der Waals surface area (Å²) in [6, 6.07) is 8.24. The van der Waals surface area contributed by atoms with E-state index < -0.39 is 0 Å². The number of aliphatic hydroxyl groups is 1. The summed E-state index contributed by atoms with van der Waals surface area (Å²) in [5.74, 6) is -0.345. The van der Waals surface area contributed by atoms with Crippen LogP contribution in [0.3, 0.4) is 0 Å². The van der Waals surface area contributed by atoms with Crippen molar-refractivity contribution in [1.29, 1.82) is 0 Å². The van der Waals surface area contributed by atoms with Crippen molar-refractivity contribution in [3.63, 3.8) is 0 Å². The van der Waals surface area contributed by atoms with Crippen LogP contribution in [0, 0.1) is 5.82 Å². The minimum atomic E-state index is -0.297. The number of piperidine rings is 2. The van der Waals surface area contributed by atoms with Gasteiger partial charge >= 0.3 is 0 Å². The number of aromatic nitrogens is 2. The van der Waals surface area contributed by atoms with E-state index in [4.69, 9.17) is 0 Å². The van der Waals surface area contributed by atoms with Crippen LogP contribution < -0.4 is 0 Å². The minimum Gasteiger partial charge on any atom is -0.392 e. The van der Waals surface area contributed by atoms with E-state index in [1.165, 1.54) is 12.1 Å². The van der Waals surface area contributed by atoms with Crippen LogP contribution in [0.5, 0.6) is 0 Å². The number of aromatic amines is 1. The second-order valence-corrected chi connectivity index (χ2v) is 7.49. The number of hydrogen-bond acceptors (Lipinski definition) is 4. The van der Waals surface area contributed by atoms with Gasteiger partial charge in [0.1, 0.15) is 11.5 Å². The molecular weight excluding hydrogens is 347 g/mol. The van der Waals surface area contributed by atoms with Gasteiger partial charge in [-0.1, -0.05) is 0 Å². The molecule has 1 atom stereocenters. The Morgan fingerprint density at radius 2 is 1.89 bits per heavy atom. The summed E-state index contributed by atoms with van der Waals surface area (Å²) in [5, 5.41) is 16.9. The predicted octanol–water partition coefficient (Wildman–Crippen LogP) is 2.28. The van der Waals surface area contributed by atoms with Gasteiger partial charge in [-0.3, -0.25) is 14.8 Å². The normalized spacial score (nSPS) is 22.1. The second-order valence-electron chi connectivity index (χ2n) is 7.49. The molecule has 2 N–H and O–H groups in total. The molecule has 4 rings (SSSR count). The maximum Gasteiger partial charge on any atom is 0.271 e. The standard InChI is InChI=1S/C20H25FN4O2/c21-15-5-3-14(4-6-15)18-12-19(23-22-18)20(27)24-10-7-16(8-11-24)25-9-1-2-17(26)13-25/h3-6,12,16-17,26H,1-2,7-11,13H2,(H,22,23)/t17-/m1/s1. The summed E-state index contributed by atoms with van der Waals surface area (Å²) in [7, 11) is 0. The molecule has 1 aromatic carbocycles. The van der Waals surface area contributed by atoms with Crippen LogP contribution >= 0.6 is 0 Å². The van der Waals surface area contributed by atoms with Crippen LogP contribution in [-0.4, -0.2) is 69.3 Å². The lowest BCUT2D eigenvalue weighted by molar-refractivity contribution is 0.0239. The molecule has 0 radical (unpaired) electrons. The van der Waals surface area contributed by atoms with E-state index in [0.717, 1.165) is 44.3 Å². The summed E-state index contributed by atoms with van der Waals surface area (Å²) in [6.45, 7) is 3.21. The van der Waals surface area contributed by atoms with Gasteiger partial charge in [0.05, 0.1) is 11.8 Å². The summed E-state index contributed by atoms with van der Waals surface area (Å²) >= 11 is 0. The van der Waals surface area contributed by atoms with Gasteiger partial charge in [-0.25, -0.2) is 4.39 Å². The van der Waals surface area contributed by atoms with Crippen molar-refractivity contribution in [3.05, 3.63) is 41.8 Å². The third-order valence-corrected chi connectivity index (χ3v) is 5.64. The molecule has 3 heterocycles. The predicted molar refractivity (Wildman–Crippen MR) is 99.7 cm³/mol. The highest BCUT2D eigenvalue weighted by atomic mass is 19.1. The average molecular weight is 372 g/mol. The summed E-state index contributed by atoms with van der Waals surface area (Å²) in [5.41, 5.74) is 1.87. The van der Waals surface area contributed by atoms with E-state index in [1.807, 2.05) is 4.90 Å². The zero-order valence-electron chi connectivity index (χ0n) is 15.3. The maximum atomic E-state index is 13.1. The molecule has 0 spiro atoms. The quantitative estimate of drug-likeness (QED) is 0.867. The number of carbonyl (C=O) groups excluding carboxylic acids is 1. The van der Waals surface area contributed by atoms with Crippen molar-refractivity contribution in [1.82, 2.24) is 20.0 Å². The smallest absolute Gasteiger partial charge is 0.271 e. The number of rotatable bonds is 3. The Labute approximate surface area is 158 Å². The maximum absolute atomic E-state index is 13.1. The summed E-state index contributed by atoms with van der Waals surface area (Å²) in [4.78, 5) is 17.0. The van der Waals surface area contributed by atoms with Gasteiger partial charge in [-0.15, -0.1) is 0 Å². The van der Waals surface area contributed by atoms with Gasteiger partial charge in [-0.05, 0) is 62.6 Å². The number of H-pyrrole nitrogens is 1. The van der Waals surface area contributed by atoms with E-state index in [2.05, 4.69) is 15.1 Å². The summed E-state index contributed by atoms with van der Waals surface area (Å²) < 4.78 is 13.1.